The van der Waals surface area contributed by atoms with Crippen LogP contribution in [-0.4, -0.2) is 68.4 Å². The fourth-order valence-corrected chi connectivity index (χ4v) is 4.75. The summed E-state index contributed by atoms with van der Waals surface area (Å²) in [5.41, 5.74) is 0.962. The van der Waals surface area contributed by atoms with E-state index in [9.17, 15) is 14.4 Å². The van der Waals surface area contributed by atoms with Gasteiger partial charge in [0.1, 0.15) is 11.8 Å². The fourth-order valence-electron chi connectivity index (χ4n) is 4.43. The Labute approximate surface area is 190 Å². The molecular weight excluding hydrogens is 430 g/mol. The minimum absolute atomic E-state index is 0.0159. The maximum Gasteiger partial charge on any atom is 0.411 e. The third-order valence-electron chi connectivity index (χ3n) is 6.17. The van der Waals surface area contributed by atoms with Crippen LogP contribution in [0.4, 0.5) is 4.79 Å². The normalized spacial score (nSPS) is 21.6. The van der Waals surface area contributed by atoms with Crippen molar-refractivity contribution in [3.63, 3.8) is 0 Å². The number of rotatable bonds is 6. The molecule has 32 heavy (non-hydrogen) atoms. The molecular formula is C22H27N5O4S. The van der Waals surface area contributed by atoms with Crippen molar-refractivity contribution in [2.75, 3.05) is 19.3 Å². The lowest BCUT2D eigenvalue weighted by Gasteiger charge is -2.37. The van der Waals surface area contributed by atoms with Crippen molar-refractivity contribution in [1.82, 2.24) is 25.0 Å². The van der Waals surface area contributed by atoms with Crippen LogP contribution in [0.25, 0.3) is 0 Å². The number of ether oxygens (including phenoxy) is 1. The van der Waals surface area contributed by atoms with Gasteiger partial charge in [0, 0.05) is 32.0 Å². The lowest BCUT2D eigenvalue weighted by molar-refractivity contribution is -0.132. The molecule has 2 fully saturated rings. The van der Waals surface area contributed by atoms with Crippen molar-refractivity contribution in [1.29, 1.82) is 0 Å². The van der Waals surface area contributed by atoms with Crippen LogP contribution >= 0.6 is 11.8 Å². The first-order chi connectivity index (χ1) is 15.5. The van der Waals surface area contributed by atoms with Gasteiger partial charge in [-0.15, -0.1) is 10.2 Å². The van der Waals surface area contributed by atoms with Crippen molar-refractivity contribution < 1.29 is 14.3 Å². The van der Waals surface area contributed by atoms with Crippen LogP contribution in [0.5, 0.6) is 0 Å². The van der Waals surface area contributed by atoms with E-state index in [1.165, 1.54) is 11.8 Å². The van der Waals surface area contributed by atoms with E-state index >= 15 is 0 Å². The number of H-pyrrole nitrogens is 1. The molecule has 2 aromatic rings. The predicted octanol–water partition coefficient (Wildman–Crippen LogP) is 2.39. The molecule has 10 heteroatoms. The van der Waals surface area contributed by atoms with Crippen LogP contribution in [0.15, 0.2) is 40.3 Å². The smallest absolute Gasteiger partial charge is 0.411 e. The fraction of sp³-hybridized carbons (Fsp3) is 0.500. The molecule has 170 valence electrons. The Kier molecular flexibility index (Phi) is 6.78. The van der Waals surface area contributed by atoms with E-state index in [0.717, 1.165) is 5.56 Å². The largest absolute Gasteiger partial charge is 0.439 e. The van der Waals surface area contributed by atoms with Crippen LogP contribution in [-0.2, 0) is 16.0 Å². The molecule has 3 heterocycles. The zero-order chi connectivity index (χ0) is 22.7. The summed E-state index contributed by atoms with van der Waals surface area (Å²) in [5.74, 6) is -0.0159. The summed E-state index contributed by atoms with van der Waals surface area (Å²) >= 11 is 1.31. The first-order valence-electron chi connectivity index (χ1n) is 10.8. The van der Waals surface area contributed by atoms with Gasteiger partial charge >= 0.3 is 6.09 Å². The van der Waals surface area contributed by atoms with Gasteiger partial charge in [-0.3, -0.25) is 19.5 Å². The number of benzene rings is 1. The average molecular weight is 458 g/mol. The predicted molar refractivity (Wildman–Crippen MR) is 119 cm³/mol. The van der Waals surface area contributed by atoms with E-state index in [1.807, 2.05) is 42.2 Å². The molecule has 2 aliphatic rings. The molecule has 9 nitrogen and oxygen atoms in total. The molecule has 4 rings (SSSR count). The first kappa shape index (κ1) is 22.3. The SMILES string of the molecule is CSc1nnc(CCC(=O)N2CCC(N3C(=O)OC(c4ccccc4)C3C)CC2)c(=O)[nH]1. The summed E-state index contributed by atoms with van der Waals surface area (Å²) < 4.78 is 5.67. The number of thioether (sulfide) groups is 1. The molecule has 2 amide bonds. The number of amides is 2. The molecule has 1 aromatic carbocycles. The second-order valence-corrected chi connectivity index (χ2v) is 8.88. The van der Waals surface area contributed by atoms with Gasteiger partial charge in [0.05, 0.1) is 6.04 Å². The molecule has 0 spiro atoms. The maximum atomic E-state index is 12.7. The Hall–Kier alpha value is -2.88. The van der Waals surface area contributed by atoms with Gasteiger partial charge in [0.15, 0.2) is 5.16 Å². The van der Waals surface area contributed by atoms with Gasteiger partial charge in [-0.2, -0.15) is 0 Å². The van der Waals surface area contributed by atoms with Gasteiger partial charge in [0.2, 0.25) is 5.91 Å². The standard InChI is InChI=1S/C22H27N5O4S/c1-14-19(15-6-4-3-5-7-15)31-22(30)27(14)16-10-12-26(13-11-16)18(28)9-8-17-20(29)23-21(32-2)25-24-17/h3-7,14,16,19H,8-13H2,1-2H3,(H,23,25,29). The quantitative estimate of drug-likeness (QED) is 0.664. The summed E-state index contributed by atoms with van der Waals surface area (Å²) in [7, 11) is 0. The highest BCUT2D eigenvalue weighted by atomic mass is 32.2. The van der Waals surface area contributed by atoms with Gasteiger partial charge in [-0.1, -0.05) is 42.1 Å². The lowest BCUT2D eigenvalue weighted by Crippen LogP contribution is -2.49. The lowest BCUT2D eigenvalue weighted by atomic mass is 9.98. The molecule has 2 unspecified atom stereocenters. The Morgan fingerprint density at radius 1 is 1.19 bits per heavy atom. The number of nitrogens with one attached hydrogen (secondary N) is 1. The molecule has 0 bridgehead atoms. The summed E-state index contributed by atoms with van der Waals surface area (Å²) in [6.07, 6.45) is 3.11. The number of nitrogens with zero attached hydrogens (tertiary/aromatic N) is 4. The summed E-state index contributed by atoms with van der Waals surface area (Å²) in [5, 5.41) is 8.32. The van der Waals surface area contributed by atoms with Gasteiger partial charge < -0.3 is 9.64 Å². The number of carbonyl (C=O) groups is 2. The Morgan fingerprint density at radius 2 is 1.91 bits per heavy atom. The van der Waals surface area contributed by atoms with Crippen LogP contribution < -0.4 is 5.56 Å². The average Bonchev–Trinajstić information content (AvgIpc) is 3.12. The molecule has 1 aromatic heterocycles. The molecule has 0 radical (unpaired) electrons. The highest BCUT2D eigenvalue weighted by Gasteiger charge is 2.44. The molecule has 1 N–H and O–H groups in total. The van der Waals surface area contributed by atoms with Crippen molar-refractivity contribution in [2.24, 2.45) is 0 Å². The number of hydrogen-bond donors (Lipinski definition) is 1. The number of piperidine rings is 1. The van der Waals surface area contributed by atoms with Crippen molar-refractivity contribution >= 4 is 23.8 Å². The zero-order valence-corrected chi connectivity index (χ0v) is 19.0. The summed E-state index contributed by atoms with van der Waals surface area (Å²) in [6, 6.07) is 9.76. The highest BCUT2D eigenvalue weighted by molar-refractivity contribution is 7.98. The molecule has 0 aliphatic carbocycles. The van der Waals surface area contributed by atoms with Crippen LogP contribution in [0.1, 0.15) is 43.5 Å². The number of hydrogen-bond acceptors (Lipinski definition) is 7. The van der Waals surface area contributed by atoms with E-state index in [4.69, 9.17) is 4.74 Å². The summed E-state index contributed by atoms with van der Waals surface area (Å²) in [6.45, 7) is 3.16. The van der Waals surface area contributed by atoms with E-state index in [2.05, 4.69) is 15.2 Å². The number of cyclic esters (lactones) is 1. The molecule has 2 atom stereocenters. The van der Waals surface area contributed by atoms with E-state index in [0.29, 0.717) is 31.1 Å². The minimum Gasteiger partial charge on any atom is -0.439 e. The maximum absolute atomic E-state index is 12.7. The van der Waals surface area contributed by atoms with E-state index < -0.39 is 0 Å². The molecule has 2 aliphatic heterocycles. The van der Waals surface area contributed by atoms with Crippen LogP contribution in [0.3, 0.4) is 0 Å². The second-order valence-electron chi connectivity index (χ2n) is 8.08. The Balaban J connectivity index is 1.30. The third-order valence-corrected chi connectivity index (χ3v) is 6.74. The molecule has 2 saturated heterocycles. The number of aromatic nitrogens is 3. The van der Waals surface area contributed by atoms with Gasteiger partial charge in [-0.25, -0.2) is 4.79 Å². The Morgan fingerprint density at radius 3 is 2.56 bits per heavy atom. The van der Waals surface area contributed by atoms with Gasteiger partial charge in [0.25, 0.3) is 5.56 Å². The minimum atomic E-state index is -0.301. The number of aromatic amines is 1. The van der Waals surface area contributed by atoms with Crippen molar-refractivity contribution in [2.45, 2.75) is 56.0 Å². The number of aryl methyl sites for hydroxylation is 1. The topological polar surface area (TPSA) is 108 Å². The third kappa shape index (κ3) is 4.64. The van der Waals surface area contributed by atoms with Crippen molar-refractivity contribution in [3.05, 3.63) is 51.9 Å². The number of likely N-dealkylation sites (tertiary alicyclic amines) is 1. The van der Waals surface area contributed by atoms with Crippen molar-refractivity contribution in [3.8, 4) is 0 Å². The van der Waals surface area contributed by atoms with E-state index in [1.54, 1.807) is 11.2 Å². The zero-order valence-electron chi connectivity index (χ0n) is 18.2. The van der Waals surface area contributed by atoms with Crippen LogP contribution in [0, 0.1) is 0 Å². The Bertz CT molecular complexity index is 1020. The summed E-state index contributed by atoms with van der Waals surface area (Å²) in [4.78, 5) is 43.6. The first-order valence-corrected chi connectivity index (χ1v) is 12.0. The second kappa shape index (κ2) is 9.72. The van der Waals surface area contributed by atoms with E-state index in [-0.39, 0.29) is 54.3 Å². The highest BCUT2D eigenvalue weighted by Crippen LogP contribution is 2.35. The van der Waals surface area contributed by atoms with Gasteiger partial charge in [-0.05, 0) is 31.6 Å². The molecule has 0 saturated carbocycles. The van der Waals surface area contributed by atoms with Crippen LogP contribution in [0.2, 0.25) is 0 Å². The monoisotopic (exact) mass is 457 g/mol. The number of carbonyl (C=O) groups excluding carboxylic acids is 2.